The molecule has 0 saturated heterocycles. The summed E-state index contributed by atoms with van der Waals surface area (Å²) < 4.78 is 0. The molecule has 18 heavy (non-hydrogen) atoms. The van der Waals surface area contributed by atoms with E-state index in [0.717, 1.165) is 0 Å². The highest BCUT2D eigenvalue weighted by atomic mass is 14.9. The second kappa shape index (κ2) is 6.02. The Bertz CT molecular complexity index is 410. The van der Waals surface area contributed by atoms with E-state index in [-0.39, 0.29) is 11.5 Å². The van der Waals surface area contributed by atoms with Gasteiger partial charge in [-0.25, -0.2) is 0 Å². The van der Waals surface area contributed by atoms with E-state index in [2.05, 4.69) is 56.4 Å². The van der Waals surface area contributed by atoms with Gasteiger partial charge < -0.3 is 5.32 Å². The van der Waals surface area contributed by atoms with Gasteiger partial charge in [0.15, 0.2) is 0 Å². The molecular weight excluding hydrogens is 220 g/mol. The zero-order valence-corrected chi connectivity index (χ0v) is 12.1. The van der Waals surface area contributed by atoms with Crippen LogP contribution in [0.3, 0.4) is 0 Å². The summed E-state index contributed by atoms with van der Waals surface area (Å²) in [5.41, 5.74) is 2.32. The predicted molar refractivity (Wildman–Crippen MR) is 76.3 cm³/mol. The fourth-order valence-corrected chi connectivity index (χ4v) is 1.74. The van der Waals surface area contributed by atoms with Gasteiger partial charge in [-0.15, -0.1) is 0 Å². The van der Waals surface area contributed by atoms with E-state index in [1.54, 1.807) is 0 Å². The van der Waals surface area contributed by atoms with Gasteiger partial charge in [-0.1, -0.05) is 38.1 Å². The highest BCUT2D eigenvalue weighted by Gasteiger charge is 2.17. The van der Waals surface area contributed by atoms with Crippen molar-refractivity contribution in [1.29, 1.82) is 5.26 Å². The van der Waals surface area contributed by atoms with Crippen LogP contribution >= 0.6 is 0 Å². The van der Waals surface area contributed by atoms with Gasteiger partial charge in [0, 0.05) is 12.6 Å². The SMILES string of the molecule is CC(C)c1ccc(C(C)NCC(C)(C)C#N)cc1. The maximum atomic E-state index is 8.98. The number of rotatable bonds is 5. The van der Waals surface area contributed by atoms with Gasteiger partial charge in [-0.2, -0.15) is 5.26 Å². The number of nitrogens with zero attached hydrogens (tertiary/aromatic N) is 1. The van der Waals surface area contributed by atoms with Crippen molar-refractivity contribution in [2.75, 3.05) is 6.54 Å². The van der Waals surface area contributed by atoms with E-state index in [9.17, 15) is 0 Å². The van der Waals surface area contributed by atoms with Crippen molar-refractivity contribution >= 4 is 0 Å². The normalized spacial score (nSPS) is 13.4. The van der Waals surface area contributed by atoms with Crippen LogP contribution in [0.5, 0.6) is 0 Å². The van der Waals surface area contributed by atoms with Crippen molar-refractivity contribution in [3.05, 3.63) is 35.4 Å². The van der Waals surface area contributed by atoms with Crippen LogP contribution in [0.1, 0.15) is 57.7 Å². The molecule has 1 aromatic carbocycles. The van der Waals surface area contributed by atoms with Crippen LogP contribution in [0.4, 0.5) is 0 Å². The van der Waals surface area contributed by atoms with Crippen LogP contribution in [-0.2, 0) is 0 Å². The molecule has 1 aromatic rings. The van der Waals surface area contributed by atoms with Crippen molar-refractivity contribution in [3.8, 4) is 6.07 Å². The van der Waals surface area contributed by atoms with Crippen LogP contribution in [0, 0.1) is 16.7 Å². The molecular formula is C16H24N2. The lowest BCUT2D eigenvalue weighted by Gasteiger charge is -2.21. The van der Waals surface area contributed by atoms with E-state index >= 15 is 0 Å². The van der Waals surface area contributed by atoms with E-state index in [1.165, 1.54) is 11.1 Å². The van der Waals surface area contributed by atoms with Gasteiger partial charge in [0.05, 0.1) is 11.5 Å². The van der Waals surface area contributed by atoms with Gasteiger partial charge in [-0.05, 0) is 37.8 Å². The molecule has 0 heterocycles. The molecule has 0 spiro atoms. The Balaban J connectivity index is 2.62. The molecule has 1 N–H and O–H groups in total. The second-order valence-corrected chi connectivity index (χ2v) is 5.92. The number of hydrogen-bond donors (Lipinski definition) is 1. The number of nitrogens with one attached hydrogen (secondary N) is 1. The minimum atomic E-state index is -0.313. The Morgan fingerprint density at radius 2 is 1.61 bits per heavy atom. The van der Waals surface area contributed by atoms with E-state index in [1.807, 2.05) is 13.8 Å². The highest BCUT2D eigenvalue weighted by molar-refractivity contribution is 5.26. The van der Waals surface area contributed by atoms with Crippen LogP contribution < -0.4 is 5.32 Å². The molecule has 0 aliphatic carbocycles. The first-order valence-electron chi connectivity index (χ1n) is 6.60. The number of hydrogen-bond acceptors (Lipinski definition) is 2. The Kier molecular flexibility index (Phi) is 4.93. The third-order valence-corrected chi connectivity index (χ3v) is 3.26. The lowest BCUT2D eigenvalue weighted by atomic mass is 9.94. The first-order valence-corrected chi connectivity index (χ1v) is 6.60. The first kappa shape index (κ1) is 14.7. The molecule has 0 fully saturated rings. The lowest BCUT2D eigenvalue weighted by Crippen LogP contribution is -2.30. The summed E-state index contributed by atoms with van der Waals surface area (Å²) >= 11 is 0. The molecule has 1 rings (SSSR count). The smallest absolute Gasteiger partial charge is 0.0697 e. The Morgan fingerprint density at radius 1 is 1.11 bits per heavy atom. The largest absolute Gasteiger partial charge is 0.309 e. The Hall–Kier alpha value is -1.33. The first-order chi connectivity index (χ1) is 8.35. The standard InChI is InChI=1S/C16H24N2/c1-12(2)14-6-8-15(9-7-14)13(3)18-11-16(4,5)10-17/h6-9,12-13,18H,11H2,1-5H3. The van der Waals surface area contributed by atoms with E-state index in [0.29, 0.717) is 12.5 Å². The minimum Gasteiger partial charge on any atom is -0.309 e. The third-order valence-electron chi connectivity index (χ3n) is 3.26. The molecule has 0 radical (unpaired) electrons. The quantitative estimate of drug-likeness (QED) is 0.849. The minimum absolute atomic E-state index is 0.277. The zero-order valence-electron chi connectivity index (χ0n) is 12.1. The lowest BCUT2D eigenvalue weighted by molar-refractivity contribution is 0.415. The van der Waals surface area contributed by atoms with E-state index < -0.39 is 0 Å². The maximum absolute atomic E-state index is 8.98. The summed E-state index contributed by atoms with van der Waals surface area (Å²) in [6.45, 7) is 11.1. The Morgan fingerprint density at radius 3 is 2.06 bits per heavy atom. The fraction of sp³-hybridized carbons (Fsp3) is 0.562. The molecule has 0 aliphatic heterocycles. The number of benzene rings is 1. The zero-order chi connectivity index (χ0) is 13.8. The van der Waals surface area contributed by atoms with Crippen LogP contribution in [0.2, 0.25) is 0 Å². The van der Waals surface area contributed by atoms with E-state index in [4.69, 9.17) is 5.26 Å². The molecule has 2 heteroatoms. The molecule has 0 bridgehead atoms. The third kappa shape index (κ3) is 4.16. The van der Waals surface area contributed by atoms with Crippen molar-refractivity contribution < 1.29 is 0 Å². The van der Waals surface area contributed by atoms with Gasteiger partial charge in [0.1, 0.15) is 0 Å². The molecule has 98 valence electrons. The van der Waals surface area contributed by atoms with Gasteiger partial charge in [-0.3, -0.25) is 0 Å². The summed E-state index contributed by atoms with van der Waals surface area (Å²) in [7, 11) is 0. The van der Waals surface area contributed by atoms with Crippen molar-refractivity contribution in [3.63, 3.8) is 0 Å². The molecule has 0 aromatic heterocycles. The van der Waals surface area contributed by atoms with Crippen LogP contribution in [0.25, 0.3) is 0 Å². The summed E-state index contributed by atoms with van der Waals surface area (Å²) in [4.78, 5) is 0. The summed E-state index contributed by atoms with van der Waals surface area (Å²) in [6.07, 6.45) is 0. The molecule has 0 aliphatic rings. The topological polar surface area (TPSA) is 35.8 Å². The molecule has 1 atom stereocenters. The van der Waals surface area contributed by atoms with Gasteiger partial charge in [0.2, 0.25) is 0 Å². The molecule has 2 nitrogen and oxygen atoms in total. The second-order valence-electron chi connectivity index (χ2n) is 5.92. The number of nitriles is 1. The summed E-state index contributed by atoms with van der Waals surface area (Å²) in [6, 6.07) is 11.3. The van der Waals surface area contributed by atoms with Crippen LogP contribution in [0.15, 0.2) is 24.3 Å². The van der Waals surface area contributed by atoms with Gasteiger partial charge >= 0.3 is 0 Å². The fourth-order valence-electron chi connectivity index (χ4n) is 1.74. The average molecular weight is 244 g/mol. The predicted octanol–water partition coefficient (Wildman–Crippen LogP) is 4.01. The highest BCUT2D eigenvalue weighted by Crippen LogP contribution is 2.20. The van der Waals surface area contributed by atoms with Crippen molar-refractivity contribution in [2.45, 2.75) is 46.6 Å². The van der Waals surface area contributed by atoms with Gasteiger partial charge in [0.25, 0.3) is 0 Å². The van der Waals surface area contributed by atoms with Crippen molar-refractivity contribution in [1.82, 2.24) is 5.32 Å². The Labute approximate surface area is 111 Å². The van der Waals surface area contributed by atoms with Crippen molar-refractivity contribution in [2.24, 2.45) is 5.41 Å². The summed E-state index contributed by atoms with van der Waals surface area (Å²) in [5, 5.41) is 12.4. The molecule has 0 saturated carbocycles. The van der Waals surface area contributed by atoms with Crippen LogP contribution in [-0.4, -0.2) is 6.54 Å². The maximum Gasteiger partial charge on any atom is 0.0697 e. The summed E-state index contributed by atoms with van der Waals surface area (Å²) in [5.74, 6) is 0.569. The monoisotopic (exact) mass is 244 g/mol. The molecule has 0 amide bonds. The average Bonchev–Trinajstić information content (AvgIpc) is 2.36. The molecule has 1 unspecified atom stereocenters.